The van der Waals surface area contributed by atoms with Crippen molar-refractivity contribution in [2.75, 3.05) is 7.11 Å². The van der Waals surface area contributed by atoms with Crippen LogP contribution >= 0.6 is 0 Å². The Kier molecular flexibility index (Phi) is 3.49. The van der Waals surface area contributed by atoms with Gasteiger partial charge in [-0.15, -0.1) is 0 Å². The van der Waals surface area contributed by atoms with E-state index < -0.39 is 30.2 Å². The van der Waals surface area contributed by atoms with Gasteiger partial charge in [-0.3, -0.25) is 0 Å². The van der Waals surface area contributed by atoms with Crippen molar-refractivity contribution < 1.29 is 24.8 Å². The fourth-order valence-electron chi connectivity index (χ4n) is 1.73. The van der Waals surface area contributed by atoms with Crippen LogP contribution in [-0.4, -0.2) is 52.6 Å². The van der Waals surface area contributed by atoms with Gasteiger partial charge in [-0.25, -0.2) is 0 Å². The quantitative estimate of drug-likeness (QED) is 0.553. The van der Waals surface area contributed by atoms with Crippen LogP contribution in [0.3, 0.4) is 0 Å². The molecule has 0 spiro atoms. The summed E-state index contributed by atoms with van der Waals surface area (Å²) in [5.74, 6) is 0. The molecule has 5 heteroatoms. The van der Waals surface area contributed by atoms with Crippen molar-refractivity contribution in [3.8, 4) is 0 Å². The first-order valence-electron chi connectivity index (χ1n) is 4.68. The van der Waals surface area contributed by atoms with E-state index in [2.05, 4.69) is 0 Å². The van der Waals surface area contributed by atoms with Gasteiger partial charge in [0, 0.05) is 13.5 Å². The average molecular weight is 206 g/mol. The minimum atomic E-state index is -1.41. The molecular formula is C9H18O5. The fraction of sp³-hybridized carbons (Fsp3) is 1.00. The molecule has 0 radical (unpaired) electrons. The molecule has 0 aromatic rings. The van der Waals surface area contributed by atoms with E-state index in [0.29, 0.717) is 0 Å². The van der Waals surface area contributed by atoms with Gasteiger partial charge in [0.25, 0.3) is 0 Å². The Labute approximate surface area is 83.3 Å². The third-order valence-electron chi connectivity index (χ3n) is 2.85. The Morgan fingerprint density at radius 2 is 2.14 bits per heavy atom. The van der Waals surface area contributed by atoms with Crippen LogP contribution in [0.15, 0.2) is 0 Å². The van der Waals surface area contributed by atoms with Crippen molar-refractivity contribution >= 4 is 0 Å². The first kappa shape index (κ1) is 11.9. The third kappa shape index (κ3) is 1.92. The molecule has 1 heterocycles. The molecule has 0 aliphatic carbocycles. The Morgan fingerprint density at radius 1 is 1.57 bits per heavy atom. The lowest BCUT2D eigenvalue weighted by Gasteiger charge is -2.44. The van der Waals surface area contributed by atoms with E-state index in [1.165, 1.54) is 14.0 Å². The number of rotatable bonds is 2. The molecule has 84 valence electrons. The second-order valence-electron chi connectivity index (χ2n) is 3.82. The highest BCUT2D eigenvalue weighted by atomic mass is 16.7. The van der Waals surface area contributed by atoms with Gasteiger partial charge in [-0.05, 0) is 13.8 Å². The molecule has 14 heavy (non-hydrogen) atoms. The zero-order valence-electron chi connectivity index (χ0n) is 8.67. The Hall–Kier alpha value is -0.200. The number of methoxy groups -OCH3 is 1. The monoisotopic (exact) mass is 206 g/mol. The summed E-state index contributed by atoms with van der Waals surface area (Å²) in [7, 11) is 1.42. The SMILES string of the molecule is CO[C@H]1O[C@H](C)[C@@](O)([C@H](C)O)C[C@H]1O. The van der Waals surface area contributed by atoms with Gasteiger partial charge in [0.05, 0.1) is 12.2 Å². The van der Waals surface area contributed by atoms with Crippen molar-refractivity contribution in [2.24, 2.45) is 0 Å². The van der Waals surface area contributed by atoms with E-state index in [4.69, 9.17) is 9.47 Å². The standard InChI is InChI=1S/C9H18O5/c1-5(10)9(12)4-7(11)8(13-3)14-6(9)2/h5-8,10-12H,4H2,1-3H3/t5-,6+,7+,8-,9-/m0/s1. The number of hydrogen-bond donors (Lipinski definition) is 3. The van der Waals surface area contributed by atoms with Gasteiger partial charge >= 0.3 is 0 Å². The van der Waals surface area contributed by atoms with Crippen LogP contribution in [0.2, 0.25) is 0 Å². The molecular weight excluding hydrogens is 188 g/mol. The predicted molar refractivity (Wildman–Crippen MR) is 48.6 cm³/mol. The average Bonchev–Trinajstić information content (AvgIpc) is 2.11. The predicted octanol–water partition coefficient (Wildman–Crippen LogP) is -0.760. The summed E-state index contributed by atoms with van der Waals surface area (Å²) in [6.07, 6.45) is -3.13. The van der Waals surface area contributed by atoms with Gasteiger partial charge in [0.1, 0.15) is 11.7 Å². The second-order valence-corrected chi connectivity index (χ2v) is 3.82. The highest BCUT2D eigenvalue weighted by molar-refractivity contribution is 4.96. The first-order chi connectivity index (χ1) is 6.41. The van der Waals surface area contributed by atoms with Crippen molar-refractivity contribution in [1.82, 2.24) is 0 Å². The van der Waals surface area contributed by atoms with E-state index in [9.17, 15) is 15.3 Å². The molecule has 1 rings (SSSR count). The largest absolute Gasteiger partial charge is 0.390 e. The van der Waals surface area contributed by atoms with Gasteiger partial charge in [0.15, 0.2) is 6.29 Å². The highest BCUT2D eigenvalue weighted by Crippen LogP contribution is 2.32. The van der Waals surface area contributed by atoms with Crippen LogP contribution in [0, 0.1) is 0 Å². The van der Waals surface area contributed by atoms with Crippen molar-refractivity contribution in [2.45, 2.75) is 50.5 Å². The highest BCUT2D eigenvalue weighted by Gasteiger charge is 2.48. The molecule has 0 aromatic carbocycles. The molecule has 0 unspecified atom stereocenters. The maximum absolute atomic E-state index is 10.0. The lowest BCUT2D eigenvalue weighted by Crippen LogP contribution is -2.60. The number of aliphatic hydroxyl groups is 3. The van der Waals surface area contributed by atoms with Gasteiger partial charge < -0.3 is 24.8 Å². The zero-order chi connectivity index (χ0) is 10.9. The van der Waals surface area contributed by atoms with Crippen LogP contribution < -0.4 is 0 Å². The smallest absolute Gasteiger partial charge is 0.183 e. The van der Waals surface area contributed by atoms with Crippen molar-refractivity contribution in [1.29, 1.82) is 0 Å². The Bertz CT molecular complexity index is 196. The zero-order valence-corrected chi connectivity index (χ0v) is 8.67. The first-order valence-corrected chi connectivity index (χ1v) is 4.68. The molecule has 1 fully saturated rings. The van der Waals surface area contributed by atoms with E-state index in [1.54, 1.807) is 6.92 Å². The molecule has 0 bridgehead atoms. The van der Waals surface area contributed by atoms with Crippen LogP contribution in [0.5, 0.6) is 0 Å². The molecule has 3 N–H and O–H groups in total. The Morgan fingerprint density at radius 3 is 2.57 bits per heavy atom. The topological polar surface area (TPSA) is 79.2 Å². The third-order valence-corrected chi connectivity index (χ3v) is 2.85. The molecule has 0 amide bonds. The van der Waals surface area contributed by atoms with Crippen LogP contribution in [0.1, 0.15) is 20.3 Å². The summed E-state index contributed by atoms with van der Waals surface area (Å²) in [4.78, 5) is 0. The van der Waals surface area contributed by atoms with E-state index in [-0.39, 0.29) is 6.42 Å². The number of hydrogen-bond acceptors (Lipinski definition) is 5. The molecule has 1 aliphatic rings. The second kappa shape index (κ2) is 4.12. The van der Waals surface area contributed by atoms with Gasteiger partial charge in [-0.1, -0.05) is 0 Å². The van der Waals surface area contributed by atoms with Crippen molar-refractivity contribution in [3.05, 3.63) is 0 Å². The Balaban J connectivity index is 2.75. The van der Waals surface area contributed by atoms with Crippen molar-refractivity contribution in [3.63, 3.8) is 0 Å². The molecule has 0 aromatic heterocycles. The van der Waals surface area contributed by atoms with Gasteiger partial charge in [-0.2, -0.15) is 0 Å². The molecule has 5 nitrogen and oxygen atoms in total. The summed E-state index contributed by atoms with van der Waals surface area (Å²) >= 11 is 0. The molecule has 1 saturated heterocycles. The molecule has 1 aliphatic heterocycles. The number of ether oxygens (including phenoxy) is 2. The summed E-state index contributed by atoms with van der Waals surface area (Å²) in [6, 6.07) is 0. The van der Waals surface area contributed by atoms with Gasteiger partial charge in [0.2, 0.25) is 0 Å². The van der Waals surface area contributed by atoms with Crippen LogP contribution in [0.4, 0.5) is 0 Å². The summed E-state index contributed by atoms with van der Waals surface area (Å²) < 4.78 is 10.1. The van der Waals surface area contributed by atoms with E-state index in [1.807, 2.05) is 0 Å². The lowest BCUT2D eigenvalue weighted by molar-refractivity contribution is -0.295. The normalized spacial score (nSPS) is 46.3. The fourth-order valence-corrected chi connectivity index (χ4v) is 1.73. The van der Waals surface area contributed by atoms with Crippen LogP contribution in [-0.2, 0) is 9.47 Å². The number of aliphatic hydroxyl groups excluding tert-OH is 2. The summed E-state index contributed by atoms with van der Waals surface area (Å²) in [5.41, 5.74) is -1.41. The summed E-state index contributed by atoms with van der Waals surface area (Å²) in [5, 5.41) is 29.0. The molecule has 0 saturated carbocycles. The maximum Gasteiger partial charge on any atom is 0.183 e. The lowest BCUT2D eigenvalue weighted by atomic mass is 9.83. The van der Waals surface area contributed by atoms with Crippen LogP contribution in [0.25, 0.3) is 0 Å². The van der Waals surface area contributed by atoms with E-state index in [0.717, 1.165) is 0 Å². The minimum absolute atomic E-state index is 0.0460. The minimum Gasteiger partial charge on any atom is -0.390 e. The summed E-state index contributed by atoms with van der Waals surface area (Å²) in [6.45, 7) is 3.12. The van der Waals surface area contributed by atoms with E-state index >= 15 is 0 Å². The molecule has 5 atom stereocenters. The maximum atomic E-state index is 10.0.